The Kier molecular flexibility index (Phi) is 6.05. The number of fused-ring (bicyclic) bond motifs is 15. The van der Waals surface area contributed by atoms with Crippen LogP contribution in [0.1, 0.15) is 47.2 Å². The Hall–Kier alpha value is -6.84. The van der Waals surface area contributed by atoms with Gasteiger partial charge in [0.1, 0.15) is 22.7 Å². The fourth-order valence-corrected chi connectivity index (χ4v) is 10.2. The van der Waals surface area contributed by atoms with E-state index in [0.29, 0.717) is 0 Å². The van der Waals surface area contributed by atoms with Gasteiger partial charge >= 0.3 is 0 Å². The Morgan fingerprint density at radius 3 is 1.67 bits per heavy atom. The number of anilines is 3. The van der Waals surface area contributed by atoms with Crippen LogP contribution in [0.15, 0.2) is 180 Å². The van der Waals surface area contributed by atoms with Crippen LogP contribution in [0.3, 0.4) is 0 Å². The standard InChI is InChI=1S/C52H35NO2/c1-51(2)39-17-6-3-14-34(39)36-28-26-32(30-43(36)51)53(45-21-13-25-49-50(45)38-16-5-10-22-46(38)54-49)33-27-29-37-35-15-4-7-18-40(35)52(44(37)31-33)41-19-8-11-23-47(41)55-48-24-12-9-20-42(48)52/h3-31H,1-2H3. The molecule has 3 nitrogen and oxygen atoms in total. The summed E-state index contributed by atoms with van der Waals surface area (Å²) in [6, 6.07) is 63.9. The maximum absolute atomic E-state index is 6.66. The first-order valence-electron chi connectivity index (χ1n) is 19.1. The number of hydrogen-bond acceptors (Lipinski definition) is 3. The number of ether oxygens (including phenoxy) is 1. The molecular formula is C52H35NO2. The summed E-state index contributed by atoms with van der Waals surface area (Å²) in [6.07, 6.45) is 0. The van der Waals surface area contributed by atoms with Crippen LogP contribution in [-0.4, -0.2) is 0 Å². The quantitative estimate of drug-likeness (QED) is 0.183. The van der Waals surface area contributed by atoms with Crippen molar-refractivity contribution in [1.82, 2.24) is 0 Å². The molecule has 3 heteroatoms. The molecule has 3 aliphatic rings. The van der Waals surface area contributed by atoms with Gasteiger partial charge in [-0.2, -0.15) is 0 Å². The normalized spacial score (nSPS) is 14.8. The molecule has 0 atom stereocenters. The number of para-hydroxylation sites is 3. The van der Waals surface area contributed by atoms with Gasteiger partial charge in [-0.25, -0.2) is 0 Å². The van der Waals surface area contributed by atoms with Crippen molar-refractivity contribution < 1.29 is 9.15 Å². The Morgan fingerprint density at radius 1 is 0.418 bits per heavy atom. The van der Waals surface area contributed by atoms with E-state index in [2.05, 4.69) is 189 Å². The molecule has 8 aromatic carbocycles. The summed E-state index contributed by atoms with van der Waals surface area (Å²) >= 11 is 0. The van der Waals surface area contributed by atoms with E-state index >= 15 is 0 Å². The topological polar surface area (TPSA) is 25.6 Å². The van der Waals surface area contributed by atoms with E-state index < -0.39 is 5.41 Å². The van der Waals surface area contributed by atoms with Gasteiger partial charge in [0.2, 0.25) is 0 Å². The average Bonchev–Trinajstić information content (AvgIpc) is 3.83. The molecule has 260 valence electrons. The second-order valence-electron chi connectivity index (χ2n) is 15.6. The van der Waals surface area contributed by atoms with Gasteiger partial charge in [0.25, 0.3) is 0 Å². The molecule has 0 radical (unpaired) electrons. The van der Waals surface area contributed by atoms with E-state index in [1.54, 1.807) is 0 Å². The molecule has 9 aromatic rings. The minimum atomic E-state index is -0.574. The van der Waals surface area contributed by atoms with Crippen LogP contribution in [0.2, 0.25) is 0 Å². The molecule has 1 aromatic heterocycles. The van der Waals surface area contributed by atoms with Gasteiger partial charge in [0.05, 0.1) is 16.5 Å². The summed E-state index contributed by atoms with van der Waals surface area (Å²) < 4.78 is 13.2. The molecule has 0 unspecified atom stereocenters. The van der Waals surface area contributed by atoms with Gasteiger partial charge in [-0.15, -0.1) is 0 Å². The molecule has 55 heavy (non-hydrogen) atoms. The monoisotopic (exact) mass is 705 g/mol. The van der Waals surface area contributed by atoms with Gasteiger partial charge < -0.3 is 14.1 Å². The van der Waals surface area contributed by atoms with Crippen molar-refractivity contribution in [2.75, 3.05) is 4.90 Å². The maximum Gasteiger partial charge on any atom is 0.137 e. The Balaban J connectivity index is 1.17. The van der Waals surface area contributed by atoms with E-state index in [4.69, 9.17) is 9.15 Å². The van der Waals surface area contributed by atoms with E-state index in [9.17, 15) is 0 Å². The lowest BCUT2D eigenvalue weighted by Crippen LogP contribution is -2.32. The lowest BCUT2D eigenvalue weighted by molar-refractivity contribution is 0.436. The average molecular weight is 706 g/mol. The first kappa shape index (κ1) is 30.6. The number of benzene rings is 8. The highest BCUT2D eigenvalue weighted by molar-refractivity contribution is 6.13. The zero-order valence-electron chi connectivity index (χ0n) is 30.5. The molecule has 2 heterocycles. The van der Waals surface area contributed by atoms with Crippen LogP contribution in [0.4, 0.5) is 17.1 Å². The highest BCUT2D eigenvalue weighted by atomic mass is 16.5. The second kappa shape index (κ2) is 10.9. The van der Waals surface area contributed by atoms with E-state index in [-0.39, 0.29) is 5.41 Å². The molecule has 1 aliphatic heterocycles. The predicted octanol–water partition coefficient (Wildman–Crippen LogP) is 13.8. The van der Waals surface area contributed by atoms with Crippen LogP contribution in [0, 0.1) is 0 Å². The zero-order chi connectivity index (χ0) is 36.5. The number of hydrogen-bond donors (Lipinski definition) is 0. The highest BCUT2D eigenvalue weighted by Crippen LogP contribution is 2.63. The van der Waals surface area contributed by atoms with Crippen molar-refractivity contribution in [2.24, 2.45) is 0 Å². The van der Waals surface area contributed by atoms with Crippen molar-refractivity contribution in [3.8, 4) is 33.8 Å². The second-order valence-corrected chi connectivity index (χ2v) is 15.6. The van der Waals surface area contributed by atoms with Gasteiger partial charge in [-0.05, 0) is 99.1 Å². The minimum Gasteiger partial charge on any atom is -0.457 e. The third-order valence-corrected chi connectivity index (χ3v) is 12.5. The SMILES string of the molecule is CC1(C)c2ccccc2-c2ccc(N(c3ccc4c(c3)C3(c5ccccc5Oc5ccccc53)c3ccccc3-4)c3cccc4oc5ccccc5c34)cc21. The van der Waals surface area contributed by atoms with Gasteiger partial charge in [-0.1, -0.05) is 135 Å². The zero-order valence-corrected chi connectivity index (χ0v) is 30.5. The fourth-order valence-electron chi connectivity index (χ4n) is 10.2. The van der Waals surface area contributed by atoms with Crippen molar-refractivity contribution in [3.05, 3.63) is 209 Å². The van der Waals surface area contributed by atoms with Crippen molar-refractivity contribution >= 4 is 39.0 Å². The molecular weight excluding hydrogens is 671 g/mol. The fraction of sp³-hybridized carbons (Fsp3) is 0.0769. The Bertz CT molecular complexity index is 3030. The molecule has 0 bridgehead atoms. The lowest BCUT2D eigenvalue weighted by atomic mass is 9.66. The van der Waals surface area contributed by atoms with E-state index in [1.165, 1.54) is 44.5 Å². The summed E-state index contributed by atoms with van der Waals surface area (Å²) in [5, 5.41) is 2.20. The third kappa shape index (κ3) is 3.94. The first-order valence-corrected chi connectivity index (χ1v) is 19.1. The highest BCUT2D eigenvalue weighted by Gasteiger charge is 2.51. The summed E-state index contributed by atoms with van der Waals surface area (Å²) in [7, 11) is 0. The number of rotatable bonds is 3. The van der Waals surface area contributed by atoms with E-state index in [0.717, 1.165) is 61.6 Å². The van der Waals surface area contributed by atoms with Crippen LogP contribution in [0.5, 0.6) is 11.5 Å². The van der Waals surface area contributed by atoms with E-state index in [1.807, 2.05) is 6.07 Å². The van der Waals surface area contributed by atoms with Crippen molar-refractivity contribution in [3.63, 3.8) is 0 Å². The number of nitrogens with zero attached hydrogens (tertiary/aromatic N) is 1. The van der Waals surface area contributed by atoms with Crippen molar-refractivity contribution in [1.29, 1.82) is 0 Å². The van der Waals surface area contributed by atoms with Crippen LogP contribution < -0.4 is 9.64 Å². The number of furan rings is 1. The summed E-state index contributed by atoms with van der Waals surface area (Å²) in [6.45, 7) is 4.71. The smallest absolute Gasteiger partial charge is 0.137 e. The Labute approximate surface area is 319 Å². The molecule has 1 spiro atoms. The van der Waals surface area contributed by atoms with Gasteiger partial charge in [0.15, 0.2) is 0 Å². The van der Waals surface area contributed by atoms with Crippen molar-refractivity contribution in [2.45, 2.75) is 24.7 Å². The largest absolute Gasteiger partial charge is 0.457 e. The summed E-state index contributed by atoms with van der Waals surface area (Å²) in [5.74, 6) is 1.78. The minimum absolute atomic E-state index is 0.152. The summed E-state index contributed by atoms with van der Waals surface area (Å²) in [5.41, 5.74) is 16.9. The molecule has 0 saturated carbocycles. The van der Waals surface area contributed by atoms with Crippen LogP contribution >= 0.6 is 0 Å². The molecule has 0 saturated heterocycles. The van der Waals surface area contributed by atoms with Crippen LogP contribution in [-0.2, 0) is 10.8 Å². The van der Waals surface area contributed by atoms with Crippen LogP contribution in [0.25, 0.3) is 44.2 Å². The van der Waals surface area contributed by atoms with Gasteiger partial charge in [-0.3, -0.25) is 0 Å². The molecule has 0 fully saturated rings. The molecule has 0 amide bonds. The molecule has 0 N–H and O–H groups in total. The molecule has 2 aliphatic carbocycles. The lowest BCUT2D eigenvalue weighted by Gasteiger charge is -2.39. The summed E-state index contributed by atoms with van der Waals surface area (Å²) in [4.78, 5) is 2.46. The van der Waals surface area contributed by atoms with Gasteiger partial charge in [0, 0.05) is 33.3 Å². The molecule has 12 rings (SSSR count). The Morgan fingerprint density at radius 2 is 0.945 bits per heavy atom. The third-order valence-electron chi connectivity index (χ3n) is 12.5. The first-order chi connectivity index (χ1) is 27.0. The maximum atomic E-state index is 6.66. The predicted molar refractivity (Wildman–Crippen MR) is 223 cm³/mol.